The van der Waals surface area contributed by atoms with Gasteiger partial charge in [0.05, 0.1) is 10.0 Å². The lowest BCUT2D eigenvalue weighted by molar-refractivity contribution is -0.133. The monoisotopic (exact) mass is 448 g/mol. The number of anilines is 2. The zero-order valence-electron chi connectivity index (χ0n) is 16.1. The first-order valence-corrected chi connectivity index (χ1v) is 9.63. The average molecular weight is 449 g/mol. The van der Waals surface area contributed by atoms with Crippen molar-refractivity contribution in [2.75, 3.05) is 17.2 Å². The Bertz CT molecular complexity index is 1040. The smallest absolute Gasteiger partial charge is 0.325 e. The zero-order valence-corrected chi connectivity index (χ0v) is 17.6. The lowest BCUT2D eigenvalue weighted by Gasteiger charge is -2.22. The van der Waals surface area contributed by atoms with Gasteiger partial charge in [-0.05, 0) is 48.9 Å². The van der Waals surface area contributed by atoms with E-state index in [0.29, 0.717) is 22.0 Å². The number of hydrogen-bond acceptors (Lipinski definition) is 4. The maximum Gasteiger partial charge on any atom is 0.325 e. The van der Waals surface area contributed by atoms with Crippen molar-refractivity contribution in [3.05, 3.63) is 58.1 Å². The minimum Gasteiger partial charge on any atom is -0.326 e. The maximum atomic E-state index is 12.9. The normalized spacial score (nSPS) is 18.2. The Balaban J connectivity index is 1.69. The Labute approximate surface area is 182 Å². The number of rotatable bonds is 5. The molecule has 3 N–H and O–H groups in total. The molecule has 0 spiro atoms. The molecule has 2 aromatic carbocycles. The van der Waals surface area contributed by atoms with Crippen LogP contribution in [0.3, 0.4) is 0 Å². The molecule has 0 unspecified atom stereocenters. The molecular formula is C20H18Cl2N4O4. The van der Waals surface area contributed by atoms with E-state index in [9.17, 15) is 19.2 Å². The predicted octanol–water partition coefficient (Wildman–Crippen LogP) is 3.36. The van der Waals surface area contributed by atoms with Gasteiger partial charge in [0.1, 0.15) is 12.1 Å². The second-order valence-corrected chi connectivity index (χ2v) is 7.70. The van der Waals surface area contributed by atoms with Crippen LogP contribution in [0.5, 0.6) is 0 Å². The molecule has 1 aliphatic heterocycles. The molecule has 1 fully saturated rings. The minimum absolute atomic E-state index is 0.213. The van der Waals surface area contributed by atoms with Crippen molar-refractivity contribution in [1.29, 1.82) is 0 Å². The van der Waals surface area contributed by atoms with Crippen LogP contribution in [0.25, 0.3) is 0 Å². The third-order valence-corrected chi connectivity index (χ3v) is 5.30. The highest BCUT2D eigenvalue weighted by atomic mass is 35.5. The van der Waals surface area contributed by atoms with Crippen LogP contribution in [0.2, 0.25) is 10.0 Å². The van der Waals surface area contributed by atoms with Gasteiger partial charge in [0.2, 0.25) is 11.8 Å². The van der Waals surface area contributed by atoms with Crippen LogP contribution >= 0.6 is 23.2 Å². The largest absolute Gasteiger partial charge is 0.326 e. The highest BCUT2D eigenvalue weighted by Crippen LogP contribution is 2.33. The van der Waals surface area contributed by atoms with E-state index < -0.39 is 29.9 Å². The summed E-state index contributed by atoms with van der Waals surface area (Å²) >= 11 is 11.9. The summed E-state index contributed by atoms with van der Waals surface area (Å²) < 4.78 is 0. The summed E-state index contributed by atoms with van der Waals surface area (Å²) in [6.07, 6.45) is 0. The Kier molecular flexibility index (Phi) is 6.00. The van der Waals surface area contributed by atoms with Gasteiger partial charge in [-0.3, -0.25) is 19.3 Å². The van der Waals surface area contributed by atoms with E-state index in [4.69, 9.17) is 23.2 Å². The molecule has 30 heavy (non-hydrogen) atoms. The number of imide groups is 1. The summed E-state index contributed by atoms with van der Waals surface area (Å²) in [5, 5.41) is 8.39. The number of urea groups is 1. The number of benzene rings is 2. The van der Waals surface area contributed by atoms with Gasteiger partial charge >= 0.3 is 6.03 Å². The van der Waals surface area contributed by atoms with Crippen molar-refractivity contribution in [2.24, 2.45) is 0 Å². The van der Waals surface area contributed by atoms with Crippen LogP contribution in [0.4, 0.5) is 16.2 Å². The third kappa shape index (κ3) is 4.39. The summed E-state index contributed by atoms with van der Waals surface area (Å²) in [5.74, 6) is -1.35. The van der Waals surface area contributed by atoms with Crippen LogP contribution in [0, 0.1) is 0 Å². The number of hydrogen-bond donors (Lipinski definition) is 3. The number of carbonyl (C=O) groups excluding carboxylic acids is 4. The molecule has 156 valence electrons. The fourth-order valence-corrected chi connectivity index (χ4v) is 3.33. The lowest BCUT2D eigenvalue weighted by atomic mass is 9.92. The van der Waals surface area contributed by atoms with E-state index in [1.165, 1.54) is 26.0 Å². The van der Waals surface area contributed by atoms with Crippen LogP contribution in [0.1, 0.15) is 19.4 Å². The third-order valence-electron chi connectivity index (χ3n) is 4.56. The summed E-state index contributed by atoms with van der Waals surface area (Å²) in [7, 11) is 0. The minimum atomic E-state index is -1.37. The summed E-state index contributed by atoms with van der Waals surface area (Å²) in [6.45, 7) is 2.46. The van der Waals surface area contributed by atoms with Crippen LogP contribution in [-0.2, 0) is 19.9 Å². The molecule has 8 nitrogen and oxygen atoms in total. The molecular weight excluding hydrogens is 431 g/mol. The fraction of sp³-hybridized carbons (Fsp3) is 0.200. The first-order valence-electron chi connectivity index (χ1n) is 8.87. The Morgan fingerprint density at radius 1 is 1.00 bits per heavy atom. The quantitative estimate of drug-likeness (QED) is 0.609. The molecule has 0 saturated carbocycles. The van der Waals surface area contributed by atoms with Gasteiger partial charge in [0.15, 0.2) is 0 Å². The van der Waals surface area contributed by atoms with Crippen molar-refractivity contribution in [1.82, 2.24) is 10.2 Å². The van der Waals surface area contributed by atoms with Gasteiger partial charge < -0.3 is 16.0 Å². The van der Waals surface area contributed by atoms with E-state index in [0.717, 1.165) is 4.90 Å². The standard InChI is InChI=1S/C20H18Cl2N4O4/c1-11(27)23-13-4-6-14(7-5-13)24-17(28)10-26-18(29)20(2,25-19(26)30)12-3-8-15(21)16(22)9-12/h3-9H,10H2,1-2H3,(H,23,27)(H,24,28)(H,25,30)/t20-/m0/s1. The van der Waals surface area contributed by atoms with E-state index in [1.807, 2.05) is 0 Å². The number of halogens is 2. The first kappa shape index (κ1) is 21.6. The molecule has 2 aromatic rings. The Morgan fingerprint density at radius 3 is 2.17 bits per heavy atom. The second kappa shape index (κ2) is 8.33. The van der Waals surface area contributed by atoms with E-state index in [1.54, 1.807) is 30.3 Å². The summed E-state index contributed by atoms with van der Waals surface area (Å²) in [4.78, 5) is 49.6. The molecule has 0 aromatic heterocycles. The number of nitrogens with zero attached hydrogens (tertiary/aromatic N) is 1. The van der Waals surface area contributed by atoms with Crippen LogP contribution < -0.4 is 16.0 Å². The highest BCUT2D eigenvalue weighted by Gasteiger charge is 2.49. The molecule has 0 aliphatic carbocycles. The van der Waals surface area contributed by atoms with Gasteiger partial charge in [-0.25, -0.2) is 4.79 Å². The van der Waals surface area contributed by atoms with Crippen LogP contribution in [0.15, 0.2) is 42.5 Å². The lowest BCUT2D eigenvalue weighted by Crippen LogP contribution is -2.42. The molecule has 1 saturated heterocycles. The topological polar surface area (TPSA) is 108 Å². The fourth-order valence-electron chi connectivity index (χ4n) is 3.03. The second-order valence-electron chi connectivity index (χ2n) is 6.88. The molecule has 0 bridgehead atoms. The molecule has 1 aliphatic rings. The van der Waals surface area contributed by atoms with E-state index >= 15 is 0 Å². The van der Waals surface area contributed by atoms with Gasteiger partial charge in [0.25, 0.3) is 5.91 Å². The number of amides is 5. The summed E-state index contributed by atoms with van der Waals surface area (Å²) in [6, 6.07) is 10.4. The molecule has 10 heteroatoms. The van der Waals surface area contributed by atoms with Crippen molar-refractivity contribution < 1.29 is 19.2 Å². The SMILES string of the molecule is CC(=O)Nc1ccc(NC(=O)CN2C(=O)N[C@@](C)(c3ccc(Cl)c(Cl)c3)C2=O)cc1. The van der Waals surface area contributed by atoms with Gasteiger partial charge in [-0.2, -0.15) is 0 Å². The van der Waals surface area contributed by atoms with Crippen LogP contribution in [-0.4, -0.2) is 35.2 Å². The van der Waals surface area contributed by atoms with Gasteiger partial charge in [-0.1, -0.05) is 29.3 Å². The molecule has 3 rings (SSSR count). The van der Waals surface area contributed by atoms with Gasteiger partial charge in [0, 0.05) is 18.3 Å². The molecule has 1 heterocycles. The molecule has 0 radical (unpaired) electrons. The average Bonchev–Trinajstić information content (AvgIpc) is 2.89. The predicted molar refractivity (Wildman–Crippen MR) is 113 cm³/mol. The molecule has 1 atom stereocenters. The van der Waals surface area contributed by atoms with Crippen molar-refractivity contribution in [3.8, 4) is 0 Å². The number of carbonyl (C=O) groups is 4. The van der Waals surface area contributed by atoms with E-state index in [-0.39, 0.29) is 10.9 Å². The number of nitrogens with one attached hydrogen (secondary N) is 3. The van der Waals surface area contributed by atoms with E-state index in [2.05, 4.69) is 16.0 Å². The summed E-state index contributed by atoms with van der Waals surface area (Å²) in [5.41, 5.74) is 0.109. The van der Waals surface area contributed by atoms with Crippen molar-refractivity contribution in [2.45, 2.75) is 19.4 Å². The highest BCUT2D eigenvalue weighted by molar-refractivity contribution is 6.42. The van der Waals surface area contributed by atoms with Crippen molar-refractivity contribution >= 4 is 58.3 Å². The zero-order chi connectivity index (χ0) is 22.1. The maximum absolute atomic E-state index is 12.9. The Morgan fingerprint density at radius 2 is 1.60 bits per heavy atom. The molecule has 5 amide bonds. The van der Waals surface area contributed by atoms with Crippen molar-refractivity contribution in [3.63, 3.8) is 0 Å². The Hall–Kier alpha value is -3.10. The first-order chi connectivity index (χ1) is 14.1. The van der Waals surface area contributed by atoms with Gasteiger partial charge in [-0.15, -0.1) is 0 Å².